The average molecular weight is 312 g/mol. The van der Waals surface area contributed by atoms with Crippen molar-refractivity contribution in [3.8, 4) is 5.75 Å². The van der Waals surface area contributed by atoms with Gasteiger partial charge in [0.2, 0.25) is 0 Å². The second-order valence-electron chi connectivity index (χ2n) is 4.37. The fourth-order valence-corrected chi connectivity index (χ4v) is 1.55. The van der Waals surface area contributed by atoms with Gasteiger partial charge < -0.3 is 23.7 Å². The van der Waals surface area contributed by atoms with Crippen LogP contribution in [0.5, 0.6) is 5.75 Å². The van der Waals surface area contributed by atoms with E-state index in [4.69, 9.17) is 23.7 Å². The third-order valence-electron chi connectivity index (χ3n) is 2.69. The Kier molecular flexibility index (Phi) is 11.2. The van der Waals surface area contributed by atoms with Gasteiger partial charge in [0, 0.05) is 12.7 Å². The van der Waals surface area contributed by atoms with E-state index < -0.39 is 0 Å². The molecule has 1 aromatic carbocycles. The van der Waals surface area contributed by atoms with Gasteiger partial charge in [-0.1, -0.05) is 0 Å². The maximum atomic E-state index is 10.5. The number of methoxy groups -OCH3 is 1. The minimum Gasteiger partial charge on any atom is -0.491 e. The molecule has 0 atom stereocenters. The fourth-order valence-electron chi connectivity index (χ4n) is 1.55. The predicted molar refractivity (Wildman–Crippen MR) is 81.7 cm³/mol. The van der Waals surface area contributed by atoms with Crippen LogP contribution in [0.25, 0.3) is 0 Å². The van der Waals surface area contributed by atoms with Crippen LogP contribution in [0, 0.1) is 0 Å². The van der Waals surface area contributed by atoms with Gasteiger partial charge in [0.1, 0.15) is 18.6 Å². The highest BCUT2D eigenvalue weighted by Gasteiger charge is 1.95. The molecule has 0 spiro atoms. The second-order valence-corrected chi connectivity index (χ2v) is 4.37. The van der Waals surface area contributed by atoms with Crippen molar-refractivity contribution in [3.63, 3.8) is 0 Å². The highest BCUT2D eigenvalue weighted by Crippen LogP contribution is 2.10. The summed E-state index contributed by atoms with van der Waals surface area (Å²) in [4.78, 5) is 10.5. The molecule has 0 saturated carbocycles. The van der Waals surface area contributed by atoms with Crippen LogP contribution < -0.4 is 4.74 Å². The molecule has 0 amide bonds. The largest absolute Gasteiger partial charge is 0.491 e. The van der Waals surface area contributed by atoms with Crippen molar-refractivity contribution in [1.82, 2.24) is 0 Å². The molecule has 0 aliphatic rings. The van der Waals surface area contributed by atoms with Crippen LogP contribution in [0.3, 0.4) is 0 Å². The minimum absolute atomic E-state index is 0.459. The third kappa shape index (κ3) is 9.46. The molecule has 0 radical (unpaired) electrons. The zero-order valence-electron chi connectivity index (χ0n) is 13.0. The van der Waals surface area contributed by atoms with Crippen LogP contribution in [0.15, 0.2) is 24.3 Å². The Morgan fingerprint density at radius 3 is 1.77 bits per heavy atom. The SMILES string of the molecule is COCCOCCOCCOCCOc1ccc(C=O)cc1. The lowest BCUT2D eigenvalue weighted by Gasteiger charge is -2.08. The lowest BCUT2D eigenvalue weighted by atomic mass is 10.2. The van der Waals surface area contributed by atoms with E-state index in [-0.39, 0.29) is 0 Å². The lowest BCUT2D eigenvalue weighted by molar-refractivity contribution is 0.000164. The Bertz CT molecular complexity index is 379. The van der Waals surface area contributed by atoms with Crippen molar-refractivity contribution in [3.05, 3.63) is 29.8 Å². The van der Waals surface area contributed by atoms with Crippen LogP contribution in [0.2, 0.25) is 0 Å². The Balaban J connectivity index is 1.86. The topological polar surface area (TPSA) is 63.2 Å². The first-order chi connectivity index (χ1) is 10.9. The maximum absolute atomic E-state index is 10.5. The number of ether oxygens (including phenoxy) is 5. The summed E-state index contributed by atoms with van der Waals surface area (Å²) in [6.45, 7) is 4.29. The van der Waals surface area contributed by atoms with Crippen LogP contribution in [0.1, 0.15) is 10.4 Å². The van der Waals surface area contributed by atoms with E-state index in [1.807, 2.05) is 0 Å². The van der Waals surface area contributed by atoms with E-state index in [2.05, 4.69) is 0 Å². The molecule has 0 fully saturated rings. The van der Waals surface area contributed by atoms with Gasteiger partial charge in [-0.2, -0.15) is 0 Å². The highest BCUT2D eigenvalue weighted by molar-refractivity contribution is 5.74. The molecule has 0 bridgehead atoms. The number of benzene rings is 1. The van der Waals surface area contributed by atoms with Crippen LogP contribution in [-0.4, -0.2) is 66.3 Å². The lowest BCUT2D eigenvalue weighted by Crippen LogP contribution is -2.13. The number of rotatable bonds is 14. The first-order valence-electron chi connectivity index (χ1n) is 7.27. The number of carbonyl (C=O) groups is 1. The standard InChI is InChI=1S/C16H24O6/c1-18-6-7-19-8-9-20-10-11-21-12-13-22-16-4-2-15(14-17)3-5-16/h2-5,14H,6-13H2,1H3. The summed E-state index contributed by atoms with van der Waals surface area (Å²) in [6, 6.07) is 6.95. The average Bonchev–Trinajstić information content (AvgIpc) is 2.56. The minimum atomic E-state index is 0.459. The van der Waals surface area contributed by atoms with Crippen molar-refractivity contribution in [2.24, 2.45) is 0 Å². The molecule has 0 N–H and O–H groups in total. The van der Waals surface area contributed by atoms with Gasteiger partial charge in [0.25, 0.3) is 0 Å². The van der Waals surface area contributed by atoms with Crippen LogP contribution in [0.4, 0.5) is 0 Å². The maximum Gasteiger partial charge on any atom is 0.150 e. The smallest absolute Gasteiger partial charge is 0.150 e. The van der Waals surface area contributed by atoms with Gasteiger partial charge in [-0.05, 0) is 24.3 Å². The monoisotopic (exact) mass is 312 g/mol. The third-order valence-corrected chi connectivity index (χ3v) is 2.69. The fraction of sp³-hybridized carbons (Fsp3) is 0.562. The van der Waals surface area contributed by atoms with Gasteiger partial charge in [0.15, 0.2) is 0 Å². The number of hydrogen-bond acceptors (Lipinski definition) is 6. The number of aldehydes is 1. The van der Waals surface area contributed by atoms with Gasteiger partial charge in [0.05, 0.1) is 46.2 Å². The molecule has 0 saturated heterocycles. The molecule has 0 unspecified atom stereocenters. The van der Waals surface area contributed by atoms with Gasteiger partial charge in [-0.3, -0.25) is 4.79 Å². The van der Waals surface area contributed by atoms with Crippen molar-refractivity contribution in [2.75, 3.05) is 60.0 Å². The van der Waals surface area contributed by atoms with Gasteiger partial charge in [-0.25, -0.2) is 0 Å². The Morgan fingerprint density at radius 2 is 1.27 bits per heavy atom. The molecule has 1 rings (SSSR count). The molecule has 6 heteroatoms. The van der Waals surface area contributed by atoms with Gasteiger partial charge in [-0.15, -0.1) is 0 Å². The predicted octanol–water partition coefficient (Wildman–Crippen LogP) is 1.57. The summed E-state index contributed by atoms with van der Waals surface area (Å²) in [5.74, 6) is 0.721. The van der Waals surface area contributed by atoms with E-state index in [0.29, 0.717) is 58.4 Å². The van der Waals surface area contributed by atoms with Crippen LogP contribution >= 0.6 is 0 Å². The van der Waals surface area contributed by atoms with E-state index in [1.54, 1.807) is 31.4 Å². The van der Waals surface area contributed by atoms with Crippen molar-refractivity contribution < 1.29 is 28.5 Å². The Morgan fingerprint density at radius 1 is 0.773 bits per heavy atom. The highest BCUT2D eigenvalue weighted by atomic mass is 16.6. The summed E-state index contributed by atoms with van der Waals surface area (Å²) in [5, 5.41) is 0. The summed E-state index contributed by atoms with van der Waals surface area (Å²) in [6.07, 6.45) is 0.801. The zero-order chi connectivity index (χ0) is 15.9. The summed E-state index contributed by atoms with van der Waals surface area (Å²) in [7, 11) is 1.64. The summed E-state index contributed by atoms with van der Waals surface area (Å²) in [5.41, 5.74) is 0.631. The molecule has 1 aromatic rings. The Hall–Kier alpha value is -1.47. The van der Waals surface area contributed by atoms with Crippen LogP contribution in [-0.2, 0) is 18.9 Å². The molecular formula is C16H24O6. The second kappa shape index (κ2) is 13.2. The summed E-state index contributed by atoms with van der Waals surface area (Å²) >= 11 is 0. The number of hydrogen-bond donors (Lipinski definition) is 0. The normalized spacial score (nSPS) is 10.6. The molecule has 0 aliphatic carbocycles. The molecular weight excluding hydrogens is 288 g/mol. The van der Waals surface area contributed by atoms with Crippen molar-refractivity contribution in [1.29, 1.82) is 0 Å². The molecule has 0 heterocycles. The molecule has 22 heavy (non-hydrogen) atoms. The molecule has 0 aliphatic heterocycles. The summed E-state index contributed by atoms with van der Waals surface area (Å²) < 4.78 is 26.3. The quantitative estimate of drug-likeness (QED) is 0.384. The van der Waals surface area contributed by atoms with E-state index >= 15 is 0 Å². The molecule has 6 nitrogen and oxygen atoms in total. The number of carbonyl (C=O) groups excluding carboxylic acids is 1. The van der Waals surface area contributed by atoms with E-state index in [1.165, 1.54) is 0 Å². The van der Waals surface area contributed by atoms with Gasteiger partial charge >= 0.3 is 0 Å². The van der Waals surface area contributed by atoms with E-state index in [9.17, 15) is 4.79 Å². The first kappa shape index (κ1) is 18.6. The first-order valence-corrected chi connectivity index (χ1v) is 7.27. The van der Waals surface area contributed by atoms with Crippen molar-refractivity contribution >= 4 is 6.29 Å². The van der Waals surface area contributed by atoms with E-state index in [0.717, 1.165) is 12.0 Å². The van der Waals surface area contributed by atoms with Crippen molar-refractivity contribution in [2.45, 2.75) is 0 Å². The molecule has 0 aromatic heterocycles. The zero-order valence-corrected chi connectivity index (χ0v) is 13.0. The molecule has 124 valence electrons. The Labute approximate surface area is 131 Å².